The summed E-state index contributed by atoms with van der Waals surface area (Å²) in [5.41, 5.74) is 6.24. The average molecular weight is 373 g/mol. The molecule has 1 nitrogen and oxygen atoms in total. The summed E-state index contributed by atoms with van der Waals surface area (Å²) in [5.74, 6) is 0.687. The summed E-state index contributed by atoms with van der Waals surface area (Å²) in [5, 5.41) is 1.11. The average Bonchev–Trinajstić information content (AvgIpc) is 2.20. The van der Waals surface area contributed by atoms with Crippen LogP contribution in [0.15, 0.2) is 0 Å². The van der Waals surface area contributed by atoms with Gasteiger partial charge in [0, 0.05) is 10.9 Å². The zero-order valence-corrected chi connectivity index (χ0v) is 15.1. The molecule has 0 amide bonds. The van der Waals surface area contributed by atoms with Crippen LogP contribution >= 0.6 is 32.9 Å². The van der Waals surface area contributed by atoms with Gasteiger partial charge in [0.05, 0.1) is 0 Å². The van der Waals surface area contributed by atoms with E-state index in [1.807, 2.05) is 0 Å². The van der Waals surface area contributed by atoms with Gasteiger partial charge >= 0.3 is 0 Å². The second-order valence-electron chi connectivity index (χ2n) is 5.55. The van der Waals surface area contributed by atoms with Crippen molar-refractivity contribution >= 4 is 32.9 Å². The predicted octanol–water partition coefficient (Wildman–Crippen LogP) is 5.45. The van der Waals surface area contributed by atoms with Gasteiger partial charge in [-0.05, 0) is 39.0 Å². The van der Waals surface area contributed by atoms with Crippen LogP contribution in [0.1, 0.15) is 72.1 Å². The summed E-state index contributed by atoms with van der Waals surface area (Å²) in [6, 6.07) is 0. The molecule has 0 fully saturated rings. The molecule has 0 aliphatic carbocycles. The highest BCUT2D eigenvalue weighted by molar-refractivity contribution is 9.09. The van der Waals surface area contributed by atoms with Crippen molar-refractivity contribution in [2.24, 2.45) is 11.7 Å². The molecule has 2 N–H and O–H groups in total. The quantitative estimate of drug-likeness (QED) is 0.400. The van der Waals surface area contributed by atoms with Gasteiger partial charge in [0.25, 0.3) is 0 Å². The summed E-state index contributed by atoms with van der Waals surface area (Å²) < 4.78 is 0. The van der Waals surface area contributed by atoms with Crippen LogP contribution in [0.2, 0.25) is 0 Å². The molecule has 0 aliphatic heterocycles. The molecule has 106 valence electrons. The molecule has 0 rings (SSSR count). The van der Waals surface area contributed by atoms with E-state index in [1.165, 1.54) is 51.4 Å². The molecule has 0 aromatic rings. The lowest BCUT2D eigenvalue weighted by atomic mass is 9.81. The molecule has 17 heavy (non-hydrogen) atoms. The lowest BCUT2D eigenvalue weighted by Gasteiger charge is -2.30. The van der Waals surface area contributed by atoms with E-state index in [-0.39, 0.29) is 22.5 Å². The highest BCUT2D eigenvalue weighted by Gasteiger charge is 2.23. The monoisotopic (exact) mass is 371 g/mol. The number of hydrogen-bond donors (Lipinski definition) is 1. The van der Waals surface area contributed by atoms with Gasteiger partial charge in [0.2, 0.25) is 0 Å². The zero-order chi connectivity index (χ0) is 12.4. The number of rotatable bonds is 10. The fraction of sp³-hybridized carbons (Fsp3) is 1.00. The van der Waals surface area contributed by atoms with Crippen LogP contribution in [0.3, 0.4) is 0 Å². The van der Waals surface area contributed by atoms with Crippen molar-refractivity contribution in [3.05, 3.63) is 0 Å². The van der Waals surface area contributed by atoms with Crippen LogP contribution in [0.4, 0.5) is 0 Å². The van der Waals surface area contributed by atoms with Crippen LogP contribution in [-0.2, 0) is 0 Å². The topological polar surface area (TPSA) is 26.0 Å². The van der Waals surface area contributed by atoms with Crippen LogP contribution in [-0.4, -0.2) is 10.9 Å². The van der Waals surface area contributed by atoms with Crippen molar-refractivity contribution < 1.29 is 0 Å². The first-order chi connectivity index (χ1) is 7.52. The molecular weight excluding hydrogens is 342 g/mol. The first-order valence-electron chi connectivity index (χ1n) is 6.87. The Morgan fingerprint density at radius 3 is 2.00 bits per heavy atom. The van der Waals surface area contributed by atoms with Gasteiger partial charge < -0.3 is 5.73 Å². The lowest BCUT2D eigenvalue weighted by Crippen LogP contribution is -2.41. The Balaban J connectivity index is 0. The second kappa shape index (κ2) is 12.0. The number of halogens is 2. The molecule has 0 heterocycles. The molecule has 0 spiro atoms. The van der Waals surface area contributed by atoms with Gasteiger partial charge in [-0.2, -0.15) is 0 Å². The minimum atomic E-state index is -0.00702. The van der Waals surface area contributed by atoms with Crippen LogP contribution in [0.5, 0.6) is 0 Å². The van der Waals surface area contributed by atoms with E-state index in [1.54, 1.807) is 0 Å². The van der Waals surface area contributed by atoms with Crippen molar-refractivity contribution in [1.29, 1.82) is 0 Å². The largest absolute Gasteiger partial charge is 0.325 e. The number of nitrogens with two attached hydrogens (primary N) is 1. The fourth-order valence-electron chi connectivity index (χ4n) is 2.21. The Labute approximate surface area is 127 Å². The number of hydrogen-bond acceptors (Lipinski definition) is 1. The molecule has 1 atom stereocenters. The lowest BCUT2D eigenvalue weighted by molar-refractivity contribution is 0.274. The molecule has 0 saturated heterocycles. The van der Waals surface area contributed by atoms with E-state index >= 15 is 0 Å². The molecule has 0 aromatic carbocycles. The normalized spacial score (nSPS) is 13.2. The van der Waals surface area contributed by atoms with E-state index in [4.69, 9.17) is 5.73 Å². The highest BCUT2D eigenvalue weighted by atomic mass is 79.9. The maximum Gasteiger partial charge on any atom is 0.0125 e. The van der Waals surface area contributed by atoms with Crippen LogP contribution < -0.4 is 5.73 Å². The fourth-order valence-corrected chi connectivity index (χ4v) is 2.53. The van der Waals surface area contributed by atoms with E-state index < -0.39 is 0 Å². The summed E-state index contributed by atoms with van der Waals surface area (Å²) in [4.78, 5) is 0. The third-order valence-electron chi connectivity index (χ3n) is 3.39. The number of alkyl halides is 1. The van der Waals surface area contributed by atoms with E-state index in [9.17, 15) is 0 Å². The summed E-state index contributed by atoms with van der Waals surface area (Å²) >= 11 is 3.51. The molecular formula is C14H31Br2N. The van der Waals surface area contributed by atoms with Gasteiger partial charge in [-0.3, -0.25) is 0 Å². The SMILES string of the molecule is Br.CCCCCCCC(CCCBr)C(C)(C)N. The Morgan fingerprint density at radius 2 is 1.53 bits per heavy atom. The second-order valence-corrected chi connectivity index (χ2v) is 6.35. The van der Waals surface area contributed by atoms with Crippen molar-refractivity contribution in [1.82, 2.24) is 0 Å². The van der Waals surface area contributed by atoms with E-state index in [0.29, 0.717) is 5.92 Å². The maximum absolute atomic E-state index is 6.25. The molecule has 0 radical (unpaired) electrons. The first kappa shape index (κ1) is 20.2. The minimum absolute atomic E-state index is 0. The van der Waals surface area contributed by atoms with E-state index in [0.717, 1.165) is 5.33 Å². The van der Waals surface area contributed by atoms with Crippen molar-refractivity contribution in [2.45, 2.75) is 77.7 Å². The van der Waals surface area contributed by atoms with Crippen LogP contribution in [0, 0.1) is 5.92 Å². The summed E-state index contributed by atoms with van der Waals surface area (Å²) in [6.45, 7) is 6.62. The third-order valence-corrected chi connectivity index (χ3v) is 3.96. The van der Waals surface area contributed by atoms with Gasteiger partial charge in [-0.1, -0.05) is 55.0 Å². The molecule has 0 aromatic heterocycles. The van der Waals surface area contributed by atoms with Gasteiger partial charge in [0.15, 0.2) is 0 Å². The molecule has 3 heteroatoms. The Bertz CT molecular complexity index is 155. The van der Waals surface area contributed by atoms with Gasteiger partial charge in [-0.15, -0.1) is 17.0 Å². The Kier molecular flexibility index (Phi) is 14.3. The van der Waals surface area contributed by atoms with Gasteiger partial charge in [0.1, 0.15) is 0 Å². The van der Waals surface area contributed by atoms with Crippen molar-refractivity contribution in [3.8, 4) is 0 Å². The van der Waals surface area contributed by atoms with Crippen LogP contribution in [0.25, 0.3) is 0 Å². The highest BCUT2D eigenvalue weighted by Crippen LogP contribution is 2.26. The number of unbranched alkanes of at least 4 members (excludes halogenated alkanes) is 4. The Hall–Kier alpha value is 0.920. The molecule has 0 aliphatic rings. The first-order valence-corrected chi connectivity index (χ1v) is 7.99. The summed E-state index contributed by atoms with van der Waals surface area (Å²) in [7, 11) is 0. The third kappa shape index (κ3) is 11.7. The van der Waals surface area contributed by atoms with Crippen molar-refractivity contribution in [3.63, 3.8) is 0 Å². The molecule has 0 saturated carbocycles. The van der Waals surface area contributed by atoms with Crippen molar-refractivity contribution in [2.75, 3.05) is 5.33 Å². The smallest absolute Gasteiger partial charge is 0.0125 e. The zero-order valence-electron chi connectivity index (χ0n) is 11.8. The predicted molar refractivity (Wildman–Crippen MR) is 88.5 cm³/mol. The van der Waals surface area contributed by atoms with Gasteiger partial charge in [-0.25, -0.2) is 0 Å². The summed E-state index contributed by atoms with van der Waals surface area (Å²) in [6.07, 6.45) is 10.7. The molecule has 0 bridgehead atoms. The molecule has 1 unspecified atom stereocenters. The van der Waals surface area contributed by atoms with E-state index in [2.05, 4.69) is 36.7 Å². The Morgan fingerprint density at radius 1 is 1.00 bits per heavy atom. The standard InChI is InChI=1S/C14H30BrN.BrH/c1-4-5-6-7-8-10-13(11-9-12-15)14(2,3)16;/h13H,4-12,16H2,1-3H3;1H. The maximum atomic E-state index is 6.25. The minimum Gasteiger partial charge on any atom is -0.325 e.